The molecular formula is C13H22NO3+. The minimum atomic E-state index is -0.395. The summed E-state index contributed by atoms with van der Waals surface area (Å²) in [5, 5.41) is 11.6. The average Bonchev–Trinajstić information content (AvgIpc) is 2.37. The van der Waals surface area contributed by atoms with Gasteiger partial charge in [-0.1, -0.05) is 12.1 Å². The molecule has 0 aromatic heterocycles. The molecule has 4 nitrogen and oxygen atoms in total. The number of likely N-dealkylation sites (N-methyl/N-ethyl adjacent to an activating group) is 1. The van der Waals surface area contributed by atoms with Crippen molar-refractivity contribution in [2.24, 2.45) is 0 Å². The Morgan fingerprint density at radius 3 is 2.59 bits per heavy atom. The van der Waals surface area contributed by atoms with Gasteiger partial charge in [0.25, 0.3) is 0 Å². The summed E-state index contributed by atoms with van der Waals surface area (Å²) in [7, 11) is 1.64. The molecule has 0 aliphatic carbocycles. The van der Waals surface area contributed by atoms with E-state index in [0.717, 1.165) is 17.9 Å². The zero-order valence-corrected chi connectivity index (χ0v) is 10.6. The van der Waals surface area contributed by atoms with E-state index in [4.69, 9.17) is 9.47 Å². The molecule has 3 N–H and O–H groups in total. The Bertz CT molecular complexity index is 300. The van der Waals surface area contributed by atoms with Gasteiger partial charge < -0.3 is 19.9 Å². The molecule has 4 heteroatoms. The van der Waals surface area contributed by atoms with E-state index >= 15 is 0 Å². The molecule has 0 radical (unpaired) electrons. The number of hydrogen-bond donors (Lipinski definition) is 2. The van der Waals surface area contributed by atoms with Crippen LogP contribution < -0.4 is 10.1 Å². The van der Waals surface area contributed by atoms with Gasteiger partial charge in [-0.15, -0.1) is 0 Å². The molecule has 0 fully saturated rings. The van der Waals surface area contributed by atoms with Gasteiger partial charge in [0.2, 0.25) is 0 Å². The van der Waals surface area contributed by atoms with Crippen molar-refractivity contribution >= 4 is 0 Å². The zero-order valence-electron chi connectivity index (χ0n) is 10.6. The Hall–Kier alpha value is -1.10. The van der Waals surface area contributed by atoms with Gasteiger partial charge in [0.1, 0.15) is 18.4 Å². The SMILES string of the molecule is CC[NH2+]C[C@@H](O)COCc1ccc(OC)cc1. The maximum Gasteiger partial charge on any atom is 0.126 e. The highest BCUT2D eigenvalue weighted by Crippen LogP contribution is 2.11. The molecule has 1 rings (SSSR count). The first kappa shape index (κ1) is 14.0. The van der Waals surface area contributed by atoms with Crippen molar-refractivity contribution < 1.29 is 19.9 Å². The van der Waals surface area contributed by atoms with Crippen LogP contribution in [0.25, 0.3) is 0 Å². The summed E-state index contributed by atoms with van der Waals surface area (Å²) < 4.78 is 10.5. The Kier molecular flexibility index (Phi) is 6.62. The molecule has 0 bridgehead atoms. The van der Waals surface area contributed by atoms with Crippen LogP contribution in [0, 0.1) is 0 Å². The van der Waals surface area contributed by atoms with E-state index in [1.54, 1.807) is 7.11 Å². The normalized spacial score (nSPS) is 12.4. The predicted molar refractivity (Wildman–Crippen MR) is 66.0 cm³/mol. The fourth-order valence-electron chi connectivity index (χ4n) is 1.46. The topological polar surface area (TPSA) is 55.3 Å². The molecule has 0 unspecified atom stereocenters. The van der Waals surface area contributed by atoms with Crippen molar-refractivity contribution in [3.63, 3.8) is 0 Å². The number of nitrogens with two attached hydrogens (primary N) is 1. The van der Waals surface area contributed by atoms with Gasteiger partial charge in [-0.25, -0.2) is 0 Å². The lowest BCUT2D eigenvalue weighted by molar-refractivity contribution is -0.658. The molecule has 0 saturated heterocycles. The van der Waals surface area contributed by atoms with Crippen LogP contribution in [-0.2, 0) is 11.3 Å². The van der Waals surface area contributed by atoms with Crippen LogP contribution in [0.3, 0.4) is 0 Å². The lowest BCUT2D eigenvalue weighted by Crippen LogP contribution is -2.86. The largest absolute Gasteiger partial charge is 0.497 e. The van der Waals surface area contributed by atoms with Crippen LogP contribution in [0.2, 0.25) is 0 Å². The summed E-state index contributed by atoms with van der Waals surface area (Å²) >= 11 is 0. The van der Waals surface area contributed by atoms with Crippen LogP contribution in [0.4, 0.5) is 0 Å². The number of aliphatic hydroxyl groups is 1. The first-order valence-corrected chi connectivity index (χ1v) is 5.96. The minimum Gasteiger partial charge on any atom is -0.497 e. The number of aliphatic hydroxyl groups excluding tert-OH is 1. The predicted octanol–water partition coefficient (Wildman–Crippen LogP) is 0.156. The van der Waals surface area contributed by atoms with Gasteiger partial charge in [0.15, 0.2) is 0 Å². The molecule has 0 saturated carbocycles. The monoisotopic (exact) mass is 240 g/mol. The van der Waals surface area contributed by atoms with Gasteiger partial charge in [0, 0.05) is 0 Å². The third-order valence-electron chi connectivity index (χ3n) is 2.47. The van der Waals surface area contributed by atoms with Crippen LogP contribution in [0.15, 0.2) is 24.3 Å². The third kappa shape index (κ3) is 5.68. The summed E-state index contributed by atoms with van der Waals surface area (Å²) in [6.45, 7) is 4.63. The Morgan fingerprint density at radius 2 is 2.00 bits per heavy atom. The van der Waals surface area contributed by atoms with E-state index in [1.165, 1.54) is 0 Å². The number of rotatable bonds is 8. The maximum atomic E-state index is 9.56. The Morgan fingerprint density at radius 1 is 1.29 bits per heavy atom. The van der Waals surface area contributed by atoms with Gasteiger partial charge in [0.05, 0.1) is 26.9 Å². The highest BCUT2D eigenvalue weighted by Gasteiger charge is 2.05. The van der Waals surface area contributed by atoms with Gasteiger partial charge >= 0.3 is 0 Å². The summed E-state index contributed by atoms with van der Waals surface area (Å²) in [5.74, 6) is 0.839. The van der Waals surface area contributed by atoms with Crippen LogP contribution in [0.5, 0.6) is 5.75 Å². The quantitative estimate of drug-likeness (QED) is 0.680. The van der Waals surface area contributed by atoms with Crippen molar-refractivity contribution in [3.8, 4) is 5.75 Å². The number of ether oxygens (including phenoxy) is 2. The molecule has 0 spiro atoms. The molecule has 0 heterocycles. The smallest absolute Gasteiger partial charge is 0.126 e. The number of quaternary nitrogens is 1. The lowest BCUT2D eigenvalue weighted by Gasteiger charge is -2.10. The Labute approximate surface area is 103 Å². The van der Waals surface area contributed by atoms with Gasteiger partial charge in [-0.05, 0) is 24.6 Å². The molecule has 0 aliphatic rings. The second-order valence-electron chi connectivity index (χ2n) is 3.95. The van der Waals surface area contributed by atoms with Crippen molar-refractivity contribution in [2.45, 2.75) is 19.6 Å². The highest BCUT2D eigenvalue weighted by atomic mass is 16.5. The van der Waals surface area contributed by atoms with Crippen LogP contribution in [-0.4, -0.2) is 38.0 Å². The summed E-state index contributed by atoms with van der Waals surface area (Å²) in [6.07, 6.45) is -0.395. The van der Waals surface area contributed by atoms with Gasteiger partial charge in [-0.2, -0.15) is 0 Å². The van der Waals surface area contributed by atoms with E-state index < -0.39 is 6.10 Å². The second-order valence-corrected chi connectivity index (χ2v) is 3.95. The molecule has 0 aliphatic heterocycles. The van der Waals surface area contributed by atoms with E-state index in [2.05, 4.69) is 12.2 Å². The molecule has 17 heavy (non-hydrogen) atoms. The first-order chi connectivity index (χ1) is 8.26. The van der Waals surface area contributed by atoms with Crippen molar-refractivity contribution in [1.29, 1.82) is 0 Å². The second kappa shape index (κ2) is 8.06. The fourth-order valence-corrected chi connectivity index (χ4v) is 1.46. The van der Waals surface area contributed by atoms with Crippen molar-refractivity contribution in [2.75, 3.05) is 26.8 Å². The van der Waals surface area contributed by atoms with Crippen LogP contribution in [0.1, 0.15) is 12.5 Å². The average molecular weight is 240 g/mol. The van der Waals surface area contributed by atoms with E-state index in [-0.39, 0.29) is 0 Å². The van der Waals surface area contributed by atoms with Crippen molar-refractivity contribution in [3.05, 3.63) is 29.8 Å². The molecule has 0 amide bonds. The molecule has 1 aromatic rings. The van der Waals surface area contributed by atoms with E-state index in [1.807, 2.05) is 24.3 Å². The number of hydrogen-bond acceptors (Lipinski definition) is 3. The molecule has 1 aromatic carbocycles. The zero-order chi connectivity index (χ0) is 12.5. The first-order valence-electron chi connectivity index (χ1n) is 5.96. The maximum absolute atomic E-state index is 9.56. The molecule has 96 valence electrons. The Balaban J connectivity index is 2.21. The van der Waals surface area contributed by atoms with Crippen LogP contribution >= 0.6 is 0 Å². The highest BCUT2D eigenvalue weighted by molar-refractivity contribution is 5.26. The number of benzene rings is 1. The van der Waals surface area contributed by atoms with Crippen molar-refractivity contribution in [1.82, 2.24) is 0 Å². The minimum absolute atomic E-state index is 0.378. The summed E-state index contributed by atoms with van der Waals surface area (Å²) in [5.41, 5.74) is 1.08. The van der Waals surface area contributed by atoms with E-state index in [0.29, 0.717) is 19.8 Å². The fraction of sp³-hybridized carbons (Fsp3) is 0.538. The third-order valence-corrected chi connectivity index (χ3v) is 2.47. The molecule has 1 atom stereocenters. The lowest BCUT2D eigenvalue weighted by atomic mass is 10.2. The van der Waals surface area contributed by atoms with E-state index in [9.17, 15) is 5.11 Å². The van der Waals surface area contributed by atoms with Gasteiger partial charge in [-0.3, -0.25) is 0 Å². The number of methoxy groups -OCH3 is 1. The summed E-state index contributed by atoms with van der Waals surface area (Å²) in [6, 6.07) is 7.73. The standard InChI is InChI=1S/C13H21NO3/c1-3-14-8-12(15)10-17-9-11-4-6-13(16-2)7-5-11/h4-7,12,14-15H,3,8-10H2,1-2H3/p+1/t12-/m1/s1. The molecular weight excluding hydrogens is 218 g/mol. The summed E-state index contributed by atoms with van der Waals surface area (Å²) in [4.78, 5) is 0.